The van der Waals surface area contributed by atoms with Gasteiger partial charge in [-0.1, -0.05) is 102 Å². The van der Waals surface area contributed by atoms with E-state index in [-0.39, 0.29) is 210 Å². The number of amides is 8. The number of nitrogens with zero attached hydrogens (tertiary/aromatic N) is 7. The first-order valence-corrected chi connectivity index (χ1v) is 45.1. The number of sulfone groups is 1. The van der Waals surface area contributed by atoms with Crippen LogP contribution in [0.3, 0.4) is 0 Å². The maximum Gasteiger partial charge on any atom is 0.416 e. The normalized spacial score (nSPS) is 13.2. The van der Waals surface area contributed by atoms with E-state index in [1.807, 2.05) is 114 Å². The number of aryl methyl sites for hydroxylation is 1. The Labute approximate surface area is 757 Å². The van der Waals surface area contributed by atoms with Crippen LogP contribution in [0.1, 0.15) is 106 Å². The Morgan fingerprint density at radius 1 is 0.496 bits per heavy atom. The molecule has 1 unspecified atom stereocenters. The Morgan fingerprint density at radius 2 is 0.969 bits per heavy atom. The SMILES string of the molecule is CNC(=O)OC(CCCCC(=O)NCCCn1c2cc(C(=O)NCCOCCOCCOCCN/C3=C(\N=N)c4ccccc4CN(C(=O)CCC(=O)NCCOC)c4ccccc43)ccc2c2ccc(C(=O)NCCOCCOCCOCCn3nnc4c3-c3ccccc3N(C(=O)CCC(=O)NCCOC)Cc3ccccc3-4)cc21)CS(=O)(=O)c1ccc(C(F)(F)F)cc1. The highest BCUT2D eigenvalue weighted by Gasteiger charge is 2.34. The van der Waals surface area contributed by atoms with Crippen molar-refractivity contribution >= 4 is 102 Å². The summed E-state index contributed by atoms with van der Waals surface area (Å²) >= 11 is 0. The molecule has 0 saturated heterocycles. The van der Waals surface area contributed by atoms with Crippen LogP contribution in [0, 0.1) is 5.53 Å². The number of rotatable bonds is 53. The van der Waals surface area contributed by atoms with Gasteiger partial charge in [-0.15, -0.1) is 5.10 Å². The van der Waals surface area contributed by atoms with Crippen LogP contribution in [0.4, 0.5) is 29.3 Å². The van der Waals surface area contributed by atoms with E-state index in [1.54, 1.807) is 53.0 Å². The first kappa shape index (κ1) is 99.2. The molecule has 0 bridgehead atoms. The zero-order valence-corrected chi connectivity index (χ0v) is 74.4. The van der Waals surface area contributed by atoms with Crippen molar-refractivity contribution in [3.63, 3.8) is 0 Å². The summed E-state index contributed by atoms with van der Waals surface area (Å²) in [4.78, 5) is 109. The van der Waals surface area contributed by atoms with Crippen molar-refractivity contribution in [2.24, 2.45) is 5.11 Å². The fraction of sp³-hybridized carbons (Fsp3) is 0.419. The van der Waals surface area contributed by atoms with Crippen molar-refractivity contribution in [1.82, 2.24) is 56.8 Å². The van der Waals surface area contributed by atoms with Crippen molar-refractivity contribution in [2.75, 3.05) is 169 Å². The number of alkyl halides is 3. The molecule has 700 valence electrons. The van der Waals surface area contributed by atoms with Gasteiger partial charge in [0.05, 0.1) is 151 Å². The largest absolute Gasteiger partial charge is 0.445 e. The summed E-state index contributed by atoms with van der Waals surface area (Å²) in [6.45, 7) is 6.36. The van der Waals surface area contributed by atoms with Gasteiger partial charge in [-0.25, -0.2) is 23.4 Å². The zero-order valence-electron chi connectivity index (χ0n) is 73.6. The number of anilines is 2. The molecule has 0 saturated carbocycles. The van der Waals surface area contributed by atoms with Gasteiger partial charge in [0.25, 0.3) is 11.8 Å². The molecule has 38 heteroatoms. The van der Waals surface area contributed by atoms with Crippen molar-refractivity contribution < 1.29 is 103 Å². The average Bonchev–Trinajstić information content (AvgIpc) is 1.63. The van der Waals surface area contributed by atoms with Crippen LogP contribution in [0.5, 0.6) is 0 Å². The minimum Gasteiger partial charge on any atom is -0.445 e. The van der Waals surface area contributed by atoms with E-state index >= 15 is 0 Å². The molecule has 34 nitrogen and oxygen atoms in total. The lowest BCUT2D eigenvalue weighted by molar-refractivity contribution is -0.137. The number of hydrogen-bond acceptors (Lipinski definition) is 24. The van der Waals surface area contributed by atoms with E-state index in [9.17, 15) is 59.9 Å². The highest BCUT2D eigenvalue weighted by molar-refractivity contribution is 7.91. The van der Waals surface area contributed by atoms with Crippen molar-refractivity contribution in [3.05, 3.63) is 197 Å². The first-order chi connectivity index (χ1) is 63.6. The number of methoxy groups -OCH3 is 2. The predicted molar refractivity (Wildman–Crippen MR) is 482 cm³/mol. The molecule has 4 heterocycles. The van der Waals surface area contributed by atoms with Gasteiger partial charge in [0.1, 0.15) is 17.5 Å². The lowest BCUT2D eigenvalue weighted by atomic mass is 9.95. The second-order valence-electron chi connectivity index (χ2n) is 30.6. The lowest BCUT2D eigenvalue weighted by Crippen LogP contribution is -2.35. The summed E-state index contributed by atoms with van der Waals surface area (Å²) in [5.41, 5.74) is 17.5. The first-order valence-electron chi connectivity index (χ1n) is 43.5. The molecule has 7 aromatic carbocycles. The lowest BCUT2D eigenvalue weighted by Gasteiger charge is -2.30. The van der Waals surface area contributed by atoms with Crippen LogP contribution in [0.2, 0.25) is 0 Å². The fourth-order valence-electron chi connectivity index (χ4n) is 15.1. The van der Waals surface area contributed by atoms with Crippen molar-refractivity contribution in [1.29, 1.82) is 5.53 Å². The Morgan fingerprint density at radius 3 is 1.51 bits per heavy atom. The number of carbonyl (C=O) groups excluding carboxylic acids is 8. The molecule has 8 N–H and O–H groups in total. The van der Waals surface area contributed by atoms with Gasteiger partial charge in [0.15, 0.2) is 9.84 Å². The second kappa shape index (κ2) is 50.7. The molecule has 11 rings (SSSR count). The molecule has 0 spiro atoms. The highest BCUT2D eigenvalue weighted by atomic mass is 32.2. The van der Waals surface area contributed by atoms with Crippen LogP contribution in [-0.4, -0.2) is 240 Å². The Bertz CT molecular complexity index is 5540. The molecule has 131 heavy (non-hydrogen) atoms. The molecular formula is C93H112F3N15O19S. The highest BCUT2D eigenvalue weighted by Crippen LogP contribution is 2.43. The third-order valence-electron chi connectivity index (χ3n) is 21.6. The molecule has 8 amide bonds. The summed E-state index contributed by atoms with van der Waals surface area (Å²) in [7, 11) is 0.177. The molecule has 2 aliphatic heterocycles. The smallest absolute Gasteiger partial charge is 0.416 e. The Hall–Kier alpha value is -12.4. The number of hydrogen-bond donors (Lipinski definition) is 8. The third-order valence-corrected chi connectivity index (χ3v) is 23.4. The summed E-state index contributed by atoms with van der Waals surface area (Å²) in [6.07, 6.45) is -5.77. The maximum atomic E-state index is 14.0. The maximum absolute atomic E-state index is 14.0. The number of carbonyl (C=O) groups is 8. The van der Waals surface area contributed by atoms with Crippen molar-refractivity contribution in [2.45, 2.75) is 101 Å². The van der Waals surface area contributed by atoms with Crippen molar-refractivity contribution in [3.8, 4) is 22.5 Å². The molecule has 0 radical (unpaired) electrons. The minimum atomic E-state index is -4.68. The number of aromatic nitrogens is 4. The van der Waals surface area contributed by atoms with Crippen LogP contribution < -0.4 is 47.0 Å². The predicted octanol–water partition coefficient (Wildman–Crippen LogP) is 10.2. The summed E-state index contributed by atoms with van der Waals surface area (Å²) < 4.78 is 121. The number of benzene rings is 7. The standard InChI is InChI=1S/C93H112F3N15O19S/c1-98-92(119)130-69(63-131(120,121)70-29-27-68(28-30-70)93(94,95)96)17-6-13-24-81(112)99-37-14-43-108-79-59-64(90(117)103-41-48-125-52-56-128-55-51-124-47-40-102-86-75-20-9-11-22-77(75)109(84(115)35-33-82(113)100-38-45-122-2)61-66-15-4-7-18-71(66)87(86)105-97)25-31-73(79)74-32-26-65(60-80(74)108)91(118)104-42-49-126-53-57-129-58-54-127-50-44-111-89-76-21-10-12-23-78(76)110(85(116)36-34-83(114)101-39-46-123-3)62-67-16-5-8-19-72(67)88(89)106-107-111/h4-5,7-12,15-16,18-23,25-32,59-60,69,97,102H,6,13-14,17,24,33-58,61-63H2,1-3H3,(H,98,119)(H,99,112)(H,100,113)(H,101,114)(H,103,117)(H,104,118)/b87-86-,105-97?. The number of halogens is 3. The van der Waals surface area contributed by atoms with Crippen LogP contribution in [-0.2, 0) is 109 Å². The Balaban J connectivity index is 0.635. The number of ether oxygens (including phenoxy) is 9. The Kier molecular flexibility index (Phi) is 38.4. The van der Waals surface area contributed by atoms with E-state index in [0.717, 1.165) is 50.9 Å². The van der Waals surface area contributed by atoms with Gasteiger partial charge in [0.2, 0.25) is 29.5 Å². The average molecular weight is 1830 g/mol. The zero-order chi connectivity index (χ0) is 92.9. The molecule has 2 aromatic heterocycles. The minimum absolute atomic E-state index is 0.00183. The van der Waals surface area contributed by atoms with Crippen LogP contribution in [0.25, 0.3) is 55.7 Å². The quantitative estimate of drug-likeness (QED) is 0.0130. The van der Waals surface area contributed by atoms with Crippen LogP contribution >= 0.6 is 0 Å². The molecule has 1 atom stereocenters. The number of fused-ring (bicyclic) bond motifs is 10. The van der Waals surface area contributed by atoms with Gasteiger partial charge < -0.3 is 94.2 Å². The topological polar surface area (TPSA) is 416 Å². The molecule has 0 fully saturated rings. The number of unbranched alkanes of at least 4 members (excludes halogenated alkanes) is 1. The number of alkyl carbamates (subject to hydrolysis) is 1. The van der Waals surface area contributed by atoms with Gasteiger partial charge in [-0.3, -0.25) is 33.6 Å². The van der Waals surface area contributed by atoms with Crippen LogP contribution in [0.15, 0.2) is 168 Å². The second-order valence-corrected chi connectivity index (χ2v) is 32.6. The fourth-order valence-corrected chi connectivity index (χ4v) is 16.5. The summed E-state index contributed by atoms with van der Waals surface area (Å²) in [6, 6.07) is 43.8. The number of nitrogens with one attached hydrogen (secondary N) is 8. The molecule has 9 aromatic rings. The van der Waals surface area contributed by atoms with Gasteiger partial charge >= 0.3 is 12.3 Å². The van der Waals surface area contributed by atoms with Gasteiger partial charge in [0, 0.05) is 154 Å². The van der Waals surface area contributed by atoms with E-state index in [4.69, 9.17) is 48.2 Å². The van der Waals surface area contributed by atoms with E-state index in [1.165, 1.54) is 7.05 Å². The third kappa shape index (κ3) is 28.6. The van der Waals surface area contributed by atoms with E-state index < -0.39 is 39.5 Å². The number of para-hydroxylation sites is 2. The molecular weight excluding hydrogens is 1720 g/mol. The monoisotopic (exact) mass is 1830 g/mol. The molecule has 0 aliphatic carbocycles. The summed E-state index contributed by atoms with van der Waals surface area (Å²) in [5.74, 6) is -2.69. The van der Waals surface area contributed by atoms with E-state index in [2.05, 4.69) is 52.6 Å². The van der Waals surface area contributed by atoms with E-state index in [0.29, 0.717) is 126 Å². The summed E-state index contributed by atoms with van der Waals surface area (Å²) in [5, 5.41) is 34.8. The molecule has 2 aliphatic rings. The van der Waals surface area contributed by atoms with Gasteiger partial charge in [-0.05, 0) is 97.5 Å². The van der Waals surface area contributed by atoms with Gasteiger partial charge in [-0.2, -0.15) is 18.3 Å².